The molecule has 1 amide bonds. The van der Waals surface area contributed by atoms with Crippen molar-refractivity contribution in [2.24, 2.45) is 0 Å². The lowest BCUT2D eigenvalue weighted by atomic mass is 9.98. The fourth-order valence-electron chi connectivity index (χ4n) is 3.03. The van der Waals surface area contributed by atoms with E-state index in [1.807, 2.05) is 11.4 Å². The highest BCUT2D eigenvalue weighted by Crippen LogP contribution is 2.33. The number of benzene rings is 1. The summed E-state index contributed by atoms with van der Waals surface area (Å²) in [7, 11) is 0. The van der Waals surface area contributed by atoms with E-state index in [-0.39, 0.29) is 0 Å². The molecule has 2 aromatic heterocycles. The SMILES string of the molecule is O=C(O)N1CCC(c2nc(-c3ccc4[nH]c(=O)oc4c3)cs2)CC1. The molecule has 3 aromatic rings. The Balaban J connectivity index is 1.55. The summed E-state index contributed by atoms with van der Waals surface area (Å²) in [5, 5.41) is 12.0. The summed E-state index contributed by atoms with van der Waals surface area (Å²) in [6, 6.07) is 5.51. The summed E-state index contributed by atoms with van der Waals surface area (Å²) in [6.45, 7) is 1.10. The Bertz CT molecular complexity index is 950. The van der Waals surface area contributed by atoms with Crippen molar-refractivity contribution in [1.82, 2.24) is 14.9 Å². The first-order valence-corrected chi connectivity index (χ1v) is 8.54. The number of piperidine rings is 1. The van der Waals surface area contributed by atoms with Gasteiger partial charge in [-0.2, -0.15) is 0 Å². The van der Waals surface area contributed by atoms with E-state index in [1.165, 1.54) is 4.90 Å². The third kappa shape index (κ3) is 2.69. The van der Waals surface area contributed by atoms with Gasteiger partial charge in [0, 0.05) is 30.0 Å². The molecule has 0 spiro atoms. The second kappa shape index (κ2) is 5.79. The molecule has 1 saturated heterocycles. The molecule has 4 rings (SSSR count). The van der Waals surface area contributed by atoms with Gasteiger partial charge in [-0.25, -0.2) is 14.6 Å². The zero-order valence-corrected chi connectivity index (χ0v) is 13.5. The number of oxazole rings is 1. The van der Waals surface area contributed by atoms with E-state index in [1.54, 1.807) is 23.5 Å². The average molecular weight is 345 g/mol. The molecule has 0 radical (unpaired) electrons. The van der Waals surface area contributed by atoms with Crippen molar-refractivity contribution in [1.29, 1.82) is 0 Å². The van der Waals surface area contributed by atoms with Crippen molar-refractivity contribution >= 4 is 28.5 Å². The van der Waals surface area contributed by atoms with Gasteiger partial charge in [-0.05, 0) is 25.0 Å². The molecular formula is C16H15N3O4S. The Morgan fingerprint density at radius 2 is 2.17 bits per heavy atom. The number of carbonyl (C=O) groups is 1. The number of nitrogens with zero attached hydrogens (tertiary/aromatic N) is 2. The zero-order chi connectivity index (χ0) is 16.7. The van der Waals surface area contributed by atoms with Crippen molar-refractivity contribution in [2.75, 3.05) is 13.1 Å². The minimum atomic E-state index is -0.852. The molecule has 2 N–H and O–H groups in total. The van der Waals surface area contributed by atoms with Gasteiger partial charge in [0.2, 0.25) is 0 Å². The Morgan fingerprint density at radius 1 is 1.38 bits per heavy atom. The minimum Gasteiger partial charge on any atom is -0.465 e. The van der Waals surface area contributed by atoms with Crippen LogP contribution in [0.2, 0.25) is 0 Å². The van der Waals surface area contributed by atoms with E-state index in [0.717, 1.165) is 29.1 Å². The number of carboxylic acid groups (broad SMARTS) is 1. The van der Waals surface area contributed by atoms with Crippen LogP contribution in [0.1, 0.15) is 23.8 Å². The number of aromatic nitrogens is 2. The normalized spacial score (nSPS) is 15.9. The summed E-state index contributed by atoms with van der Waals surface area (Å²) in [6.07, 6.45) is 0.741. The summed E-state index contributed by atoms with van der Waals surface area (Å²) in [5.74, 6) is -0.167. The number of nitrogens with one attached hydrogen (secondary N) is 1. The molecule has 1 aliphatic heterocycles. The van der Waals surface area contributed by atoms with Crippen LogP contribution >= 0.6 is 11.3 Å². The number of hydrogen-bond donors (Lipinski definition) is 2. The van der Waals surface area contributed by atoms with Crippen LogP contribution < -0.4 is 5.76 Å². The van der Waals surface area contributed by atoms with E-state index >= 15 is 0 Å². The lowest BCUT2D eigenvalue weighted by molar-refractivity contribution is 0.132. The first-order valence-electron chi connectivity index (χ1n) is 7.67. The molecule has 0 unspecified atom stereocenters. The third-order valence-electron chi connectivity index (χ3n) is 4.35. The molecule has 1 fully saturated rings. The molecule has 1 aromatic carbocycles. The van der Waals surface area contributed by atoms with Crippen LogP contribution in [0.5, 0.6) is 0 Å². The maximum absolute atomic E-state index is 11.2. The number of thiazole rings is 1. The van der Waals surface area contributed by atoms with Gasteiger partial charge in [-0.3, -0.25) is 4.98 Å². The Kier molecular flexibility index (Phi) is 3.61. The molecule has 3 heterocycles. The van der Waals surface area contributed by atoms with Gasteiger partial charge in [0.15, 0.2) is 5.58 Å². The molecular weight excluding hydrogens is 330 g/mol. The zero-order valence-electron chi connectivity index (χ0n) is 12.7. The molecule has 124 valence electrons. The van der Waals surface area contributed by atoms with Crippen LogP contribution in [0, 0.1) is 0 Å². The van der Waals surface area contributed by atoms with Crippen LogP contribution in [-0.4, -0.2) is 39.2 Å². The van der Waals surface area contributed by atoms with Crippen LogP contribution in [0.15, 0.2) is 32.8 Å². The largest absolute Gasteiger partial charge is 0.465 e. The van der Waals surface area contributed by atoms with Crippen LogP contribution in [0.25, 0.3) is 22.4 Å². The monoisotopic (exact) mass is 345 g/mol. The second-order valence-electron chi connectivity index (χ2n) is 5.84. The highest BCUT2D eigenvalue weighted by atomic mass is 32.1. The lowest BCUT2D eigenvalue weighted by Gasteiger charge is -2.28. The number of H-pyrrole nitrogens is 1. The summed E-state index contributed by atoms with van der Waals surface area (Å²) in [4.78, 5) is 31.0. The standard InChI is InChI=1S/C16H15N3O4S/c20-15-18-11-2-1-10(7-13(11)23-15)12-8-24-14(17-12)9-3-5-19(6-4-9)16(21)22/h1-2,7-9H,3-6H2,(H,18,20)(H,21,22). The highest BCUT2D eigenvalue weighted by Gasteiger charge is 2.25. The molecule has 1 aliphatic rings. The highest BCUT2D eigenvalue weighted by molar-refractivity contribution is 7.10. The van der Waals surface area contributed by atoms with Crippen LogP contribution in [-0.2, 0) is 0 Å². The van der Waals surface area contributed by atoms with E-state index in [2.05, 4.69) is 4.98 Å². The summed E-state index contributed by atoms with van der Waals surface area (Å²) >= 11 is 1.59. The maximum Gasteiger partial charge on any atom is 0.417 e. The number of fused-ring (bicyclic) bond motifs is 1. The first-order chi connectivity index (χ1) is 11.6. The van der Waals surface area contributed by atoms with Gasteiger partial charge in [0.05, 0.1) is 16.2 Å². The number of hydrogen-bond acceptors (Lipinski definition) is 5. The molecule has 7 nitrogen and oxygen atoms in total. The van der Waals surface area contributed by atoms with Crippen molar-refractivity contribution in [2.45, 2.75) is 18.8 Å². The van der Waals surface area contributed by atoms with Gasteiger partial charge >= 0.3 is 11.8 Å². The topological polar surface area (TPSA) is 99.4 Å². The van der Waals surface area contributed by atoms with Crippen molar-refractivity contribution in [3.05, 3.63) is 39.1 Å². The maximum atomic E-state index is 11.2. The predicted molar refractivity (Wildman–Crippen MR) is 89.5 cm³/mol. The van der Waals surface area contributed by atoms with Crippen molar-refractivity contribution in [3.63, 3.8) is 0 Å². The number of likely N-dealkylation sites (tertiary alicyclic amines) is 1. The fraction of sp³-hybridized carbons (Fsp3) is 0.312. The minimum absolute atomic E-state index is 0.299. The van der Waals surface area contributed by atoms with Gasteiger partial charge in [-0.1, -0.05) is 6.07 Å². The number of rotatable bonds is 2. The van der Waals surface area contributed by atoms with Gasteiger partial charge in [0.25, 0.3) is 0 Å². The van der Waals surface area contributed by atoms with E-state index < -0.39 is 11.8 Å². The van der Waals surface area contributed by atoms with Gasteiger partial charge in [-0.15, -0.1) is 11.3 Å². The first kappa shape index (κ1) is 14.9. The van der Waals surface area contributed by atoms with Gasteiger partial charge in [0.1, 0.15) is 0 Å². The molecule has 0 atom stereocenters. The van der Waals surface area contributed by atoms with Crippen LogP contribution in [0.4, 0.5) is 4.79 Å². The Morgan fingerprint density at radius 3 is 2.92 bits per heavy atom. The third-order valence-corrected chi connectivity index (χ3v) is 5.36. The van der Waals surface area contributed by atoms with E-state index in [9.17, 15) is 9.59 Å². The molecule has 8 heteroatoms. The smallest absolute Gasteiger partial charge is 0.417 e. The summed E-state index contributed by atoms with van der Waals surface area (Å²) in [5.41, 5.74) is 2.93. The van der Waals surface area contributed by atoms with Crippen molar-refractivity contribution in [3.8, 4) is 11.3 Å². The molecule has 24 heavy (non-hydrogen) atoms. The predicted octanol–water partition coefficient (Wildman–Crippen LogP) is 3.10. The summed E-state index contributed by atoms with van der Waals surface area (Å²) < 4.78 is 5.09. The van der Waals surface area contributed by atoms with E-state index in [0.29, 0.717) is 30.1 Å². The average Bonchev–Trinajstić information content (AvgIpc) is 3.19. The molecule has 0 saturated carbocycles. The second-order valence-corrected chi connectivity index (χ2v) is 6.73. The van der Waals surface area contributed by atoms with Crippen molar-refractivity contribution < 1.29 is 14.3 Å². The van der Waals surface area contributed by atoms with E-state index in [4.69, 9.17) is 14.5 Å². The Hall–Kier alpha value is -2.61. The Labute approximate surface area is 140 Å². The molecule has 0 aliphatic carbocycles. The molecule has 0 bridgehead atoms. The fourth-order valence-corrected chi connectivity index (χ4v) is 4.03. The number of amides is 1. The quantitative estimate of drug-likeness (QED) is 0.743. The van der Waals surface area contributed by atoms with Crippen LogP contribution in [0.3, 0.4) is 0 Å². The lowest BCUT2D eigenvalue weighted by Crippen LogP contribution is -2.36. The number of aromatic amines is 1. The van der Waals surface area contributed by atoms with Gasteiger partial charge < -0.3 is 14.4 Å².